The van der Waals surface area contributed by atoms with E-state index in [2.05, 4.69) is 21.2 Å². The van der Waals surface area contributed by atoms with Crippen molar-refractivity contribution >= 4 is 21.8 Å². The molecule has 4 nitrogen and oxygen atoms in total. The summed E-state index contributed by atoms with van der Waals surface area (Å²) in [5.41, 5.74) is 0. The lowest BCUT2D eigenvalue weighted by Crippen LogP contribution is -2.37. The van der Waals surface area contributed by atoms with Crippen molar-refractivity contribution < 1.29 is 14.6 Å². The van der Waals surface area contributed by atoms with Crippen LogP contribution < -0.4 is 10.1 Å². The zero-order valence-electron chi connectivity index (χ0n) is 11.3. The van der Waals surface area contributed by atoms with Crippen LogP contribution >= 0.6 is 15.9 Å². The van der Waals surface area contributed by atoms with E-state index in [0.717, 1.165) is 17.3 Å². The Labute approximate surface area is 127 Å². The van der Waals surface area contributed by atoms with Gasteiger partial charge in [-0.25, -0.2) is 0 Å². The number of aliphatic hydroxyl groups excluding tert-OH is 1. The SMILES string of the molecule is O=C(COc1cccc(Br)c1)NCC(O)C1CCCC1. The fourth-order valence-corrected chi connectivity index (χ4v) is 2.86. The van der Waals surface area contributed by atoms with Crippen LogP contribution in [0, 0.1) is 5.92 Å². The van der Waals surface area contributed by atoms with Crippen LogP contribution in [0.1, 0.15) is 25.7 Å². The molecule has 1 aliphatic rings. The Balaban J connectivity index is 1.67. The molecule has 2 N–H and O–H groups in total. The van der Waals surface area contributed by atoms with E-state index in [1.807, 2.05) is 12.1 Å². The van der Waals surface area contributed by atoms with E-state index in [9.17, 15) is 9.90 Å². The number of carbonyl (C=O) groups is 1. The molecule has 0 bridgehead atoms. The van der Waals surface area contributed by atoms with E-state index in [-0.39, 0.29) is 12.5 Å². The number of hydrogen-bond acceptors (Lipinski definition) is 3. The molecule has 1 atom stereocenters. The van der Waals surface area contributed by atoms with Crippen LogP contribution in [0.15, 0.2) is 28.7 Å². The number of halogens is 1. The van der Waals surface area contributed by atoms with Gasteiger partial charge in [0.25, 0.3) is 5.91 Å². The molecule has 0 spiro atoms. The maximum atomic E-state index is 11.7. The van der Waals surface area contributed by atoms with Crippen LogP contribution in [-0.2, 0) is 4.79 Å². The third-order valence-electron chi connectivity index (χ3n) is 3.62. The first-order valence-electron chi connectivity index (χ1n) is 6.98. The highest BCUT2D eigenvalue weighted by Crippen LogP contribution is 2.27. The van der Waals surface area contributed by atoms with Crippen molar-refractivity contribution in [3.8, 4) is 5.75 Å². The Morgan fingerprint density at radius 2 is 2.20 bits per heavy atom. The molecular weight excluding hydrogens is 322 g/mol. The summed E-state index contributed by atoms with van der Waals surface area (Å²) in [7, 11) is 0. The molecule has 0 aliphatic heterocycles. The summed E-state index contributed by atoms with van der Waals surface area (Å²) in [5, 5.41) is 12.7. The number of benzene rings is 1. The van der Waals surface area contributed by atoms with E-state index in [4.69, 9.17) is 4.74 Å². The van der Waals surface area contributed by atoms with E-state index in [1.165, 1.54) is 12.8 Å². The molecule has 1 fully saturated rings. The molecule has 1 amide bonds. The molecule has 1 aliphatic carbocycles. The van der Waals surface area contributed by atoms with Crippen molar-refractivity contribution in [3.63, 3.8) is 0 Å². The van der Waals surface area contributed by atoms with Gasteiger partial charge < -0.3 is 15.2 Å². The number of hydrogen-bond donors (Lipinski definition) is 2. The summed E-state index contributed by atoms with van der Waals surface area (Å²) in [6.07, 6.45) is 4.05. The smallest absolute Gasteiger partial charge is 0.258 e. The lowest BCUT2D eigenvalue weighted by atomic mass is 10.0. The van der Waals surface area contributed by atoms with Gasteiger partial charge in [0.05, 0.1) is 6.10 Å². The number of amides is 1. The fraction of sp³-hybridized carbons (Fsp3) is 0.533. The summed E-state index contributed by atoms with van der Waals surface area (Å²) >= 11 is 3.34. The Morgan fingerprint density at radius 3 is 2.90 bits per heavy atom. The Bertz CT molecular complexity index is 446. The number of aliphatic hydroxyl groups is 1. The van der Waals surface area contributed by atoms with Gasteiger partial charge in [-0.05, 0) is 37.0 Å². The molecule has 1 aromatic rings. The van der Waals surface area contributed by atoms with E-state index < -0.39 is 6.10 Å². The topological polar surface area (TPSA) is 58.6 Å². The lowest BCUT2D eigenvalue weighted by molar-refractivity contribution is -0.123. The first kappa shape index (κ1) is 15.3. The average molecular weight is 342 g/mol. The number of carbonyl (C=O) groups excluding carboxylic acids is 1. The average Bonchev–Trinajstić information content (AvgIpc) is 2.97. The van der Waals surface area contributed by atoms with E-state index in [1.54, 1.807) is 12.1 Å². The second kappa shape index (κ2) is 7.64. The maximum absolute atomic E-state index is 11.7. The Hall–Kier alpha value is -1.07. The van der Waals surface area contributed by atoms with Crippen molar-refractivity contribution in [2.75, 3.05) is 13.2 Å². The zero-order valence-corrected chi connectivity index (χ0v) is 12.9. The number of ether oxygens (including phenoxy) is 1. The summed E-state index contributed by atoms with van der Waals surface area (Å²) in [4.78, 5) is 11.7. The van der Waals surface area contributed by atoms with Gasteiger partial charge in [-0.1, -0.05) is 34.8 Å². The molecule has 0 aromatic heterocycles. The van der Waals surface area contributed by atoms with Crippen LogP contribution in [0.2, 0.25) is 0 Å². The zero-order chi connectivity index (χ0) is 14.4. The minimum atomic E-state index is -0.438. The molecule has 2 rings (SSSR count). The summed E-state index contributed by atoms with van der Waals surface area (Å²) in [6, 6.07) is 7.35. The third-order valence-corrected chi connectivity index (χ3v) is 4.11. The fourth-order valence-electron chi connectivity index (χ4n) is 2.48. The van der Waals surface area contributed by atoms with Gasteiger partial charge in [0.1, 0.15) is 5.75 Å². The van der Waals surface area contributed by atoms with Crippen molar-refractivity contribution in [1.82, 2.24) is 5.32 Å². The summed E-state index contributed by atoms with van der Waals surface area (Å²) in [5.74, 6) is 0.772. The maximum Gasteiger partial charge on any atom is 0.258 e. The first-order chi connectivity index (χ1) is 9.65. The second-order valence-electron chi connectivity index (χ2n) is 5.16. The largest absolute Gasteiger partial charge is 0.484 e. The molecule has 1 aromatic carbocycles. The summed E-state index contributed by atoms with van der Waals surface area (Å²) in [6.45, 7) is 0.277. The van der Waals surface area contributed by atoms with Crippen molar-refractivity contribution in [2.45, 2.75) is 31.8 Å². The lowest BCUT2D eigenvalue weighted by Gasteiger charge is -2.18. The van der Waals surface area contributed by atoms with Gasteiger partial charge in [0.2, 0.25) is 0 Å². The highest BCUT2D eigenvalue weighted by molar-refractivity contribution is 9.10. The second-order valence-corrected chi connectivity index (χ2v) is 6.08. The molecular formula is C15H20BrNO3. The highest BCUT2D eigenvalue weighted by atomic mass is 79.9. The van der Waals surface area contributed by atoms with Crippen LogP contribution in [0.4, 0.5) is 0 Å². The standard InChI is InChI=1S/C15H20BrNO3/c16-12-6-3-7-13(8-12)20-10-15(19)17-9-14(18)11-4-1-2-5-11/h3,6-8,11,14,18H,1-2,4-5,9-10H2,(H,17,19). The molecule has 0 radical (unpaired) electrons. The van der Waals surface area contributed by atoms with Crippen molar-refractivity contribution in [3.05, 3.63) is 28.7 Å². The van der Waals surface area contributed by atoms with Crippen LogP contribution in [-0.4, -0.2) is 30.3 Å². The van der Waals surface area contributed by atoms with Crippen LogP contribution in [0.5, 0.6) is 5.75 Å². The Morgan fingerprint density at radius 1 is 1.45 bits per heavy atom. The van der Waals surface area contributed by atoms with Crippen molar-refractivity contribution in [1.29, 1.82) is 0 Å². The van der Waals surface area contributed by atoms with E-state index >= 15 is 0 Å². The van der Waals surface area contributed by atoms with Gasteiger partial charge in [-0.3, -0.25) is 4.79 Å². The number of rotatable bonds is 6. The quantitative estimate of drug-likeness (QED) is 0.835. The highest BCUT2D eigenvalue weighted by Gasteiger charge is 2.23. The molecule has 1 unspecified atom stereocenters. The predicted molar refractivity (Wildman–Crippen MR) is 80.6 cm³/mol. The molecule has 5 heteroatoms. The molecule has 1 saturated carbocycles. The van der Waals surface area contributed by atoms with Gasteiger partial charge in [0.15, 0.2) is 6.61 Å². The monoisotopic (exact) mass is 341 g/mol. The van der Waals surface area contributed by atoms with Crippen molar-refractivity contribution in [2.24, 2.45) is 5.92 Å². The normalized spacial score (nSPS) is 16.9. The van der Waals surface area contributed by atoms with E-state index in [0.29, 0.717) is 18.2 Å². The van der Waals surface area contributed by atoms with Gasteiger partial charge in [0, 0.05) is 11.0 Å². The molecule has 0 heterocycles. The third kappa shape index (κ3) is 4.80. The van der Waals surface area contributed by atoms with Gasteiger partial charge in [-0.2, -0.15) is 0 Å². The molecule has 20 heavy (non-hydrogen) atoms. The van der Waals surface area contributed by atoms with Gasteiger partial charge in [-0.15, -0.1) is 0 Å². The Kier molecular flexibility index (Phi) is 5.86. The van der Waals surface area contributed by atoms with Crippen LogP contribution in [0.3, 0.4) is 0 Å². The molecule has 0 saturated heterocycles. The first-order valence-corrected chi connectivity index (χ1v) is 7.77. The van der Waals surface area contributed by atoms with Gasteiger partial charge >= 0.3 is 0 Å². The predicted octanol–water partition coefficient (Wildman–Crippen LogP) is 2.50. The minimum Gasteiger partial charge on any atom is -0.484 e. The summed E-state index contributed by atoms with van der Waals surface area (Å²) < 4.78 is 6.29. The molecule has 110 valence electrons. The van der Waals surface area contributed by atoms with Crippen LogP contribution in [0.25, 0.3) is 0 Å². The number of nitrogens with one attached hydrogen (secondary N) is 1. The minimum absolute atomic E-state index is 0.0339.